The van der Waals surface area contributed by atoms with Crippen molar-refractivity contribution in [3.8, 4) is 0 Å². The maximum absolute atomic E-state index is 13.1. The maximum atomic E-state index is 13.1. The molecule has 608 valence electrons. The third kappa shape index (κ3) is 77.8. The summed E-state index contributed by atoms with van der Waals surface area (Å²) in [6.07, 6.45) is 98.4. The summed E-state index contributed by atoms with van der Waals surface area (Å²) in [6, 6.07) is 0. The van der Waals surface area contributed by atoms with E-state index in [9.17, 15) is 43.2 Å². The lowest BCUT2D eigenvalue weighted by atomic mass is 10.1. The molecular formula is C89H140O17P2. The molecule has 108 heavy (non-hydrogen) atoms. The van der Waals surface area contributed by atoms with Gasteiger partial charge in [-0.1, -0.05) is 279 Å². The Morgan fingerprint density at radius 2 is 0.519 bits per heavy atom. The molecule has 0 saturated carbocycles. The lowest BCUT2D eigenvalue weighted by molar-refractivity contribution is -0.161. The average molecular weight is 1540 g/mol. The zero-order chi connectivity index (χ0) is 78.9. The molecule has 0 fully saturated rings. The lowest BCUT2D eigenvalue weighted by Gasteiger charge is -2.21. The maximum Gasteiger partial charge on any atom is 0.472 e. The molecule has 5 unspecified atom stereocenters. The molecule has 3 N–H and O–H groups in total. The Labute approximate surface area is 652 Å². The van der Waals surface area contributed by atoms with Crippen LogP contribution in [0.1, 0.15) is 272 Å². The number of unbranched alkanes of at least 4 members (excludes halogenated alkanes) is 14. The molecule has 0 saturated heterocycles. The number of hydrogen-bond donors (Lipinski definition) is 3. The summed E-state index contributed by atoms with van der Waals surface area (Å²) in [5, 5.41) is 10.6. The van der Waals surface area contributed by atoms with Gasteiger partial charge in [-0.2, -0.15) is 0 Å². The summed E-state index contributed by atoms with van der Waals surface area (Å²) >= 11 is 0. The second-order valence-corrected chi connectivity index (χ2v) is 28.8. The molecule has 0 aliphatic rings. The first-order chi connectivity index (χ1) is 52.7. The largest absolute Gasteiger partial charge is 0.472 e. The summed E-state index contributed by atoms with van der Waals surface area (Å²) in [6.45, 7) is 4.25. The highest BCUT2D eigenvalue weighted by Gasteiger charge is 2.30. The van der Waals surface area contributed by atoms with Gasteiger partial charge in [0, 0.05) is 19.3 Å². The Bertz CT molecular complexity index is 2860. The van der Waals surface area contributed by atoms with Gasteiger partial charge in [-0.3, -0.25) is 37.3 Å². The van der Waals surface area contributed by atoms with Gasteiger partial charge in [-0.05, 0) is 173 Å². The van der Waals surface area contributed by atoms with Gasteiger partial charge < -0.3 is 33.8 Å². The SMILES string of the molecule is CC/C=C\C/C=C\C/C=C\C/C=C\C/C=C\CCCCCC(=O)OCC(COP(=O)(O)OCC(O)COP(=O)(O)OCC(COC(=O)C/C=C\C/C=C\C/C=C\C/C=C\C/C=C\CC)OC(=O)CCCC/C=C\C/C=C\C/C=C\C/C=C\CC)OC(=O)CCCCCCCC/C=C\C/C=C\C/C=C\CCCCC. The van der Waals surface area contributed by atoms with Crippen LogP contribution in [0.4, 0.5) is 0 Å². The number of ether oxygens (including phenoxy) is 4. The Morgan fingerprint density at radius 1 is 0.278 bits per heavy atom. The van der Waals surface area contributed by atoms with Gasteiger partial charge in [0.15, 0.2) is 12.2 Å². The number of phosphoric ester groups is 2. The zero-order valence-electron chi connectivity index (χ0n) is 66.4. The number of phosphoric acid groups is 2. The molecule has 0 spiro atoms. The topological polar surface area (TPSA) is 237 Å². The molecule has 17 nitrogen and oxygen atoms in total. The van der Waals surface area contributed by atoms with Crippen LogP contribution >= 0.6 is 15.6 Å². The van der Waals surface area contributed by atoms with Crippen LogP contribution in [0, 0.1) is 0 Å². The van der Waals surface area contributed by atoms with Crippen molar-refractivity contribution in [3.63, 3.8) is 0 Å². The number of esters is 4. The minimum absolute atomic E-state index is 0.0137. The molecule has 0 aromatic rings. The van der Waals surface area contributed by atoms with Crippen molar-refractivity contribution >= 4 is 39.5 Å². The Morgan fingerprint density at radius 3 is 0.852 bits per heavy atom. The van der Waals surface area contributed by atoms with Gasteiger partial charge in [-0.25, -0.2) is 9.13 Å². The van der Waals surface area contributed by atoms with Crippen LogP contribution in [0.15, 0.2) is 207 Å². The molecule has 0 aliphatic heterocycles. The Balaban J connectivity index is 5.54. The van der Waals surface area contributed by atoms with Crippen molar-refractivity contribution in [2.24, 2.45) is 0 Å². The predicted octanol–water partition coefficient (Wildman–Crippen LogP) is 23.9. The van der Waals surface area contributed by atoms with Crippen LogP contribution in [-0.4, -0.2) is 96.7 Å². The molecule has 0 aromatic carbocycles. The number of carbonyl (C=O) groups is 4. The Kier molecular flexibility index (Phi) is 74.1. The molecular weight excluding hydrogens is 1400 g/mol. The van der Waals surface area contributed by atoms with E-state index in [1.807, 2.05) is 24.3 Å². The second kappa shape index (κ2) is 78.8. The predicted molar refractivity (Wildman–Crippen MR) is 445 cm³/mol. The summed E-state index contributed by atoms with van der Waals surface area (Å²) in [5.74, 6) is -2.45. The fourth-order valence-electron chi connectivity index (χ4n) is 9.73. The summed E-state index contributed by atoms with van der Waals surface area (Å²) in [7, 11) is -10.0. The van der Waals surface area contributed by atoms with Crippen molar-refractivity contribution in [1.29, 1.82) is 0 Å². The van der Waals surface area contributed by atoms with E-state index in [1.54, 1.807) is 6.08 Å². The minimum atomic E-state index is -5.02. The fraction of sp³-hybridized carbons (Fsp3) is 0.573. The van der Waals surface area contributed by atoms with Gasteiger partial charge in [0.1, 0.15) is 19.3 Å². The minimum Gasteiger partial charge on any atom is -0.462 e. The lowest BCUT2D eigenvalue weighted by Crippen LogP contribution is -2.30. The quantitative estimate of drug-likeness (QED) is 0.0169. The van der Waals surface area contributed by atoms with Crippen LogP contribution in [-0.2, 0) is 65.4 Å². The second-order valence-electron chi connectivity index (χ2n) is 25.9. The molecule has 19 heteroatoms. The first-order valence-corrected chi connectivity index (χ1v) is 43.3. The summed E-state index contributed by atoms with van der Waals surface area (Å²) < 4.78 is 68.4. The van der Waals surface area contributed by atoms with E-state index in [0.717, 1.165) is 167 Å². The molecule has 0 bridgehead atoms. The van der Waals surface area contributed by atoms with E-state index in [0.29, 0.717) is 32.1 Å². The van der Waals surface area contributed by atoms with Crippen molar-refractivity contribution in [1.82, 2.24) is 0 Å². The molecule has 0 rings (SSSR count). The van der Waals surface area contributed by atoms with Crippen molar-refractivity contribution in [3.05, 3.63) is 207 Å². The first kappa shape index (κ1) is 102. The van der Waals surface area contributed by atoms with Gasteiger partial charge >= 0.3 is 39.5 Å². The fourth-order valence-corrected chi connectivity index (χ4v) is 11.3. The van der Waals surface area contributed by atoms with Crippen LogP contribution in [0.3, 0.4) is 0 Å². The average Bonchev–Trinajstić information content (AvgIpc) is 0.896. The van der Waals surface area contributed by atoms with Crippen LogP contribution < -0.4 is 0 Å². The third-order valence-electron chi connectivity index (χ3n) is 15.8. The van der Waals surface area contributed by atoms with E-state index < -0.39 is 97.5 Å². The third-order valence-corrected chi connectivity index (χ3v) is 17.7. The standard InChI is InChI=1S/C89H140O17P2/c1-5-9-13-17-21-25-29-33-37-39-41-43-47-50-54-58-62-66-70-74-87(92)100-80-85(106-89(94)76-72-68-64-60-56-52-48-44-42-40-38-34-30-26-22-18-14-10-6-2)82-104-108(97,98)102-78-83(90)77-101-107(95,96)103-81-84(105-88(93)75-71-67-63-59-55-51-46-36-32-28-24-20-16-12-8-4)79-99-86(91)73-69-65-61-57-53-49-45-35-31-27-23-19-15-11-7-3/h9,11-13,15-16,21-28,33-38,41-46,50,53-55,57,59,65,69,83-85,90H,5-8,10,14,17-20,29-32,39-40,47-49,51-52,56,58,60-64,66-68,70-82H2,1-4H3,(H,95,96)(H,97,98)/b13-9-,15-11-,16-12-,25-21-,26-22-,27-23-,28-24-,37-33-,38-34-,43-41-,44-42-,45-35-,46-36-,54-50-,57-53-,59-55-,69-65-. The molecule has 5 atom stereocenters. The van der Waals surface area contributed by atoms with Crippen LogP contribution in [0.2, 0.25) is 0 Å². The van der Waals surface area contributed by atoms with E-state index in [-0.39, 0.29) is 25.7 Å². The van der Waals surface area contributed by atoms with Crippen molar-refractivity contribution < 1.29 is 80.2 Å². The zero-order valence-corrected chi connectivity index (χ0v) is 68.2. The number of aliphatic hydroxyl groups is 1. The molecule has 0 heterocycles. The molecule has 0 radical (unpaired) electrons. The summed E-state index contributed by atoms with van der Waals surface area (Å²) in [4.78, 5) is 73.0. The first-order valence-electron chi connectivity index (χ1n) is 40.3. The number of hydrogen-bond acceptors (Lipinski definition) is 15. The van der Waals surface area contributed by atoms with Crippen molar-refractivity contribution in [2.45, 2.75) is 290 Å². The van der Waals surface area contributed by atoms with Crippen LogP contribution in [0.25, 0.3) is 0 Å². The molecule has 0 aliphatic carbocycles. The molecule has 0 aromatic heterocycles. The van der Waals surface area contributed by atoms with Crippen molar-refractivity contribution in [2.75, 3.05) is 39.6 Å². The van der Waals surface area contributed by atoms with Gasteiger partial charge in [0.2, 0.25) is 0 Å². The van der Waals surface area contributed by atoms with Gasteiger partial charge in [0.05, 0.1) is 32.8 Å². The van der Waals surface area contributed by atoms with E-state index in [4.69, 9.17) is 37.0 Å². The van der Waals surface area contributed by atoms with Crippen LogP contribution in [0.5, 0.6) is 0 Å². The highest BCUT2D eigenvalue weighted by Crippen LogP contribution is 2.45. The number of aliphatic hydroxyl groups excluding tert-OH is 1. The number of allylic oxidation sites excluding steroid dienone is 33. The van der Waals surface area contributed by atoms with Gasteiger partial charge in [0.25, 0.3) is 0 Å². The normalized spacial score (nSPS) is 14.9. The Hall–Kier alpha value is -6.36. The number of rotatable bonds is 73. The van der Waals surface area contributed by atoms with E-state index in [1.165, 1.54) is 19.3 Å². The molecule has 0 amide bonds. The summed E-state index contributed by atoms with van der Waals surface area (Å²) in [5.41, 5.74) is 0. The highest BCUT2D eigenvalue weighted by atomic mass is 31.2. The smallest absolute Gasteiger partial charge is 0.462 e. The highest BCUT2D eigenvalue weighted by molar-refractivity contribution is 7.47. The number of carbonyl (C=O) groups excluding carboxylic acids is 4. The van der Waals surface area contributed by atoms with Gasteiger partial charge in [-0.15, -0.1) is 0 Å². The van der Waals surface area contributed by atoms with E-state index in [2.05, 4.69) is 204 Å². The van der Waals surface area contributed by atoms with E-state index >= 15 is 0 Å². The monoisotopic (exact) mass is 1540 g/mol.